The number of rotatable bonds is 2. The highest BCUT2D eigenvalue weighted by molar-refractivity contribution is 5.58. The first kappa shape index (κ1) is 12.5. The zero-order valence-electron chi connectivity index (χ0n) is 10.2. The third kappa shape index (κ3) is 2.65. The third-order valence-electron chi connectivity index (χ3n) is 2.88. The Morgan fingerprint density at radius 1 is 0.789 bits per heavy atom. The van der Waals surface area contributed by atoms with Crippen molar-refractivity contribution in [1.29, 1.82) is 10.5 Å². The summed E-state index contributed by atoms with van der Waals surface area (Å²) >= 11 is 0. The van der Waals surface area contributed by atoms with Gasteiger partial charge in [-0.1, -0.05) is 12.1 Å². The smallest absolute Gasteiger partial charge is 0.101 e. The Balaban J connectivity index is 2.27. The fourth-order valence-corrected chi connectivity index (χ4v) is 1.88. The molecule has 0 bridgehead atoms. The maximum absolute atomic E-state index is 8.82. The Hall–Kier alpha value is -2.98. The molecule has 4 nitrogen and oxygen atoms in total. The lowest BCUT2D eigenvalue weighted by Crippen LogP contribution is -1.96. The molecular formula is C15H12N4. The van der Waals surface area contributed by atoms with Crippen molar-refractivity contribution >= 4 is 11.4 Å². The molecule has 4 N–H and O–H groups in total. The van der Waals surface area contributed by atoms with Gasteiger partial charge in [-0.3, -0.25) is 0 Å². The fraction of sp³-hybridized carbons (Fsp3) is 0.0667. The SMILES string of the molecule is N#Cc1ccc(Cc2ccc(C#N)c(N)c2)cc1N. The maximum atomic E-state index is 8.82. The Labute approximate surface area is 111 Å². The number of nitrogen functional groups attached to an aromatic ring is 2. The molecule has 0 saturated heterocycles. The van der Waals surface area contributed by atoms with Crippen LogP contribution in [0, 0.1) is 22.7 Å². The maximum Gasteiger partial charge on any atom is 0.101 e. The molecule has 2 aromatic carbocycles. The first-order chi connectivity index (χ1) is 9.13. The van der Waals surface area contributed by atoms with Gasteiger partial charge in [0.05, 0.1) is 11.1 Å². The van der Waals surface area contributed by atoms with Crippen LogP contribution in [0.2, 0.25) is 0 Å². The first-order valence-electron chi connectivity index (χ1n) is 5.71. The average Bonchev–Trinajstić information content (AvgIpc) is 2.39. The molecule has 0 atom stereocenters. The van der Waals surface area contributed by atoms with Gasteiger partial charge in [-0.05, 0) is 41.8 Å². The second kappa shape index (κ2) is 5.12. The second-order valence-corrected chi connectivity index (χ2v) is 4.24. The highest BCUT2D eigenvalue weighted by Gasteiger charge is 2.04. The molecule has 4 heteroatoms. The van der Waals surface area contributed by atoms with Crippen molar-refractivity contribution in [2.24, 2.45) is 0 Å². The molecule has 2 rings (SSSR count). The zero-order valence-corrected chi connectivity index (χ0v) is 10.2. The van der Waals surface area contributed by atoms with Gasteiger partial charge in [-0.2, -0.15) is 10.5 Å². The summed E-state index contributed by atoms with van der Waals surface area (Å²) in [6.07, 6.45) is 0.659. The van der Waals surface area contributed by atoms with Crippen LogP contribution in [0.15, 0.2) is 36.4 Å². The molecule has 0 spiro atoms. The molecule has 0 amide bonds. The summed E-state index contributed by atoms with van der Waals surface area (Å²) < 4.78 is 0. The summed E-state index contributed by atoms with van der Waals surface area (Å²) in [5.41, 5.74) is 15.4. The number of hydrogen-bond acceptors (Lipinski definition) is 4. The van der Waals surface area contributed by atoms with Crippen molar-refractivity contribution in [2.45, 2.75) is 6.42 Å². The molecule has 92 valence electrons. The number of nitrogens with two attached hydrogens (primary N) is 2. The lowest BCUT2D eigenvalue weighted by Gasteiger charge is -2.06. The zero-order chi connectivity index (χ0) is 13.8. The minimum atomic E-state index is 0.474. The van der Waals surface area contributed by atoms with E-state index in [1.165, 1.54) is 0 Å². The van der Waals surface area contributed by atoms with E-state index >= 15 is 0 Å². The van der Waals surface area contributed by atoms with Crippen LogP contribution in [0.4, 0.5) is 11.4 Å². The second-order valence-electron chi connectivity index (χ2n) is 4.24. The Kier molecular flexibility index (Phi) is 3.36. The Morgan fingerprint density at radius 3 is 1.53 bits per heavy atom. The molecule has 0 fully saturated rings. The van der Waals surface area contributed by atoms with Gasteiger partial charge in [0.1, 0.15) is 12.1 Å². The van der Waals surface area contributed by atoms with Gasteiger partial charge < -0.3 is 11.5 Å². The quantitative estimate of drug-likeness (QED) is 0.795. The van der Waals surface area contributed by atoms with Gasteiger partial charge in [0.15, 0.2) is 0 Å². The van der Waals surface area contributed by atoms with E-state index in [0.717, 1.165) is 11.1 Å². The van der Waals surface area contributed by atoms with E-state index in [2.05, 4.69) is 0 Å². The number of nitrogens with zero attached hydrogens (tertiary/aromatic N) is 2. The molecule has 19 heavy (non-hydrogen) atoms. The molecule has 0 unspecified atom stereocenters. The number of hydrogen-bond donors (Lipinski definition) is 2. The van der Waals surface area contributed by atoms with E-state index in [-0.39, 0.29) is 0 Å². The predicted molar refractivity (Wildman–Crippen MR) is 73.9 cm³/mol. The molecule has 0 heterocycles. The highest BCUT2D eigenvalue weighted by Crippen LogP contribution is 2.19. The van der Waals surface area contributed by atoms with Gasteiger partial charge in [-0.25, -0.2) is 0 Å². The number of anilines is 2. The van der Waals surface area contributed by atoms with Crippen molar-refractivity contribution in [3.8, 4) is 12.1 Å². The van der Waals surface area contributed by atoms with E-state index in [1.54, 1.807) is 24.3 Å². The van der Waals surface area contributed by atoms with Crippen LogP contribution in [0.5, 0.6) is 0 Å². The summed E-state index contributed by atoms with van der Waals surface area (Å²) in [7, 11) is 0. The van der Waals surface area contributed by atoms with Gasteiger partial charge in [0.25, 0.3) is 0 Å². The third-order valence-corrected chi connectivity index (χ3v) is 2.88. The number of benzene rings is 2. The molecule has 0 aliphatic carbocycles. The number of nitriles is 2. The monoisotopic (exact) mass is 248 g/mol. The first-order valence-corrected chi connectivity index (χ1v) is 5.71. The van der Waals surface area contributed by atoms with Gasteiger partial charge in [0, 0.05) is 11.4 Å². The molecule has 0 aliphatic rings. The molecule has 0 aliphatic heterocycles. The fourth-order valence-electron chi connectivity index (χ4n) is 1.88. The molecule has 2 aromatic rings. The summed E-state index contributed by atoms with van der Waals surface area (Å²) in [6, 6.07) is 14.8. The molecule has 0 aromatic heterocycles. The van der Waals surface area contributed by atoms with Crippen LogP contribution in [0.3, 0.4) is 0 Å². The van der Waals surface area contributed by atoms with Gasteiger partial charge in [-0.15, -0.1) is 0 Å². The topological polar surface area (TPSA) is 99.6 Å². The molecule has 0 saturated carbocycles. The van der Waals surface area contributed by atoms with E-state index < -0.39 is 0 Å². The molecular weight excluding hydrogens is 236 g/mol. The Morgan fingerprint density at radius 2 is 1.21 bits per heavy atom. The predicted octanol–water partition coefficient (Wildman–Crippen LogP) is 2.19. The lowest BCUT2D eigenvalue weighted by molar-refractivity contribution is 1.19. The van der Waals surface area contributed by atoms with Crippen molar-refractivity contribution in [2.75, 3.05) is 11.5 Å². The van der Waals surface area contributed by atoms with Crippen LogP contribution < -0.4 is 11.5 Å². The van der Waals surface area contributed by atoms with Crippen molar-refractivity contribution in [1.82, 2.24) is 0 Å². The summed E-state index contributed by atoms with van der Waals surface area (Å²) in [6.45, 7) is 0. The van der Waals surface area contributed by atoms with Crippen LogP contribution in [0.1, 0.15) is 22.3 Å². The van der Waals surface area contributed by atoms with Gasteiger partial charge >= 0.3 is 0 Å². The minimum absolute atomic E-state index is 0.474. The van der Waals surface area contributed by atoms with Crippen molar-refractivity contribution in [3.05, 3.63) is 58.7 Å². The van der Waals surface area contributed by atoms with Crippen LogP contribution in [0.25, 0.3) is 0 Å². The lowest BCUT2D eigenvalue weighted by atomic mass is 10.0. The largest absolute Gasteiger partial charge is 0.398 e. The van der Waals surface area contributed by atoms with E-state index in [1.807, 2.05) is 24.3 Å². The molecule has 0 radical (unpaired) electrons. The van der Waals surface area contributed by atoms with Crippen LogP contribution in [-0.4, -0.2) is 0 Å². The van der Waals surface area contributed by atoms with E-state index in [0.29, 0.717) is 28.9 Å². The van der Waals surface area contributed by atoms with E-state index in [9.17, 15) is 0 Å². The van der Waals surface area contributed by atoms with Crippen molar-refractivity contribution in [3.63, 3.8) is 0 Å². The summed E-state index contributed by atoms with van der Waals surface area (Å²) in [5.74, 6) is 0. The van der Waals surface area contributed by atoms with Crippen LogP contribution >= 0.6 is 0 Å². The van der Waals surface area contributed by atoms with E-state index in [4.69, 9.17) is 22.0 Å². The highest BCUT2D eigenvalue weighted by atomic mass is 14.6. The minimum Gasteiger partial charge on any atom is -0.398 e. The Bertz CT molecular complexity index is 644. The van der Waals surface area contributed by atoms with Gasteiger partial charge in [0.2, 0.25) is 0 Å². The normalized spacial score (nSPS) is 9.58. The average molecular weight is 248 g/mol. The standard InChI is InChI=1S/C15H12N4/c16-8-12-3-1-10(6-14(12)18)5-11-2-4-13(9-17)15(19)7-11/h1-4,6-7H,5,18-19H2. The summed E-state index contributed by atoms with van der Waals surface area (Å²) in [5, 5.41) is 17.6. The van der Waals surface area contributed by atoms with Crippen LogP contribution in [-0.2, 0) is 6.42 Å². The summed E-state index contributed by atoms with van der Waals surface area (Å²) in [4.78, 5) is 0. The van der Waals surface area contributed by atoms with Crippen molar-refractivity contribution < 1.29 is 0 Å².